The topological polar surface area (TPSA) is 0 Å². The molecule has 1 heteroatoms. The molecule has 80 valence electrons. The first-order chi connectivity index (χ1) is 6.31. The van der Waals surface area contributed by atoms with Crippen LogP contribution < -0.4 is 0 Å². The van der Waals surface area contributed by atoms with Crippen molar-refractivity contribution < 1.29 is 0 Å². The van der Waals surface area contributed by atoms with Crippen molar-refractivity contribution >= 4 is 22.6 Å². The Bertz CT molecular complexity index is 91.1. The van der Waals surface area contributed by atoms with Gasteiger partial charge in [-0.3, -0.25) is 0 Å². The molecule has 0 amide bonds. The van der Waals surface area contributed by atoms with Crippen LogP contribution in [0.4, 0.5) is 0 Å². The minimum atomic E-state index is 0.945. The SMILES string of the molecule is CCCCCCC(I)CCCCC. The highest BCUT2D eigenvalue weighted by Crippen LogP contribution is 2.18. The molecule has 0 aromatic heterocycles. The molecular formula is C12H25I. The van der Waals surface area contributed by atoms with Gasteiger partial charge < -0.3 is 0 Å². The van der Waals surface area contributed by atoms with Crippen LogP contribution in [-0.4, -0.2) is 3.92 Å². The molecule has 0 heterocycles. The second-order valence-electron chi connectivity index (χ2n) is 3.94. The quantitative estimate of drug-likeness (QED) is 0.306. The van der Waals surface area contributed by atoms with E-state index in [0.29, 0.717) is 0 Å². The van der Waals surface area contributed by atoms with E-state index in [9.17, 15) is 0 Å². The van der Waals surface area contributed by atoms with Gasteiger partial charge in [0.15, 0.2) is 0 Å². The second-order valence-corrected chi connectivity index (χ2v) is 5.70. The Kier molecular flexibility index (Phi) is 11.4. The molecule has 0 aromatic rings. The Morgan fingerprint density at radius 3 is 1.77 bits per heavy atom. The minimum Gasteiger partial charge on any atom is -0.0826 e. The maximum atomic E-state index is 2.63. The second kappa shape index (κ2) is 10.8. The zero-order valence-corrected chi connectivity index (χ0v) is 11.5. The average Bonchev–Trinajstić information content (AvgIpc) is 2.13. The summed E-state index contributed by atoms with van der Waals surface area (Å²) in [6.07, 6.45) is 12.8. The van der Waals surface area contributed by atoms with Crippen LogP contribution in [0.5, 0.6) is 0 Å². The van der Waals surface area contributed by atoms with Gasteiger partial charge in [-0.2, -0.15) is 0 Å². The molecule has 0 aliphatic heterocycles. The van der Waals surface area contributed by atoms with Gasteiger partial charge in [0, 0.05) is 3.92 Å². The lowest BCUT2D eigenvalue weighted by Gasteiger charge is -2.08. The fourth-order valence-electron chi connectivity index (χ4n) is 1.55. The third kappa shape index (κ3) is 10.7. The van der Waals surface area contributed by atoms with Crippen LogP contribution in [0.15, 0.2) is 0 Å². The molecule has 0 rings (SSSR count). The van der Waals surface area contributed by atoms with Gasteiger partial charge in [-0.15, -0.1) is 0 Å². The molecule has 0 N–H and O–H groups in total. The van der Waals surface area contributed by atoms with Crippen molar-refractivity contribution in [3.8, 4) is 0 Å². The van der Waals surface area contributed by atoms with Crippen molar-refractivity contribution in [3.63, 3.8) is 0 Å². The summed E-state index contributed by atoms with van der Waals surface area (Å²) < 4.78 is 0.945. The zero-order chi connectivity index (χ0) is 9.94. The van der Waals surface area contributed by atoms with Crippen molar-refractivity contribution in [1.82, 2.24) is 0 Å². The van der Waals surface area contributed by atoms with Crippen LogP contribution in [0.2, 0.25) is 0 Å². The van der Waals surface area contributed by atoms with Crippen molar-refractivity contribution in [2.24, 2.45) is 0 Å². The van der Waals surface area contributed by atoms with E-state index in [0.717, 1.165) is 3.92 Å². The molecule has 0 fully saturated rings. The monoisotopic (exact) mass is 296 g/mol. The summed E-state index contributed by atoms with van der Waals surface area (Å²) in [6.45, 7) is 4.56. The van der Waals surface area contributed by atoms with E-state index in [1.165, 1.54) is 57.8 Å². The maximum Gasteiger partial charge on any atom is 0.0110 e. The van der Waals surface area contributed by atoms with Crippen LogP contribution in [0.25, 0.3) is 0 Å². The van der Waals surface area contributed by atoms with E-state index < -0.39 is 0 Å². The molecule has 0 nitrogen and oxygen atoms in total. The van der Waals surface area contributed by atoms with Gasteiger partial charge in [0.1, 0.15) is 0 Å². The smallest absolute Gasteiger partial charge is 0.0110 e. The van der Waals surface area contributed by atoms with Gasteiger partial charge in [0.2, 0.25) is 0 Å². The first-order valence-electron chi connectivity index (χ1n) is 5.95. The van der Waals surface area contributed by atoms with Crippen LogP contribution in [0.3, 0.4) is 0 Å². The molecule has 0 saturated carbocycles. The van der Waals surface area contributed by atoms with Crippen LogP contribution in [0, 0.1) is 0 Å². The van der Waals surface area contributed by atoms with E-state index in [4.69, 9.17) is 0 Å². The summed E-state index contributed by atoms with van der Waals surface area (Å²) in [4.78, 5) is 0. The third-order valence-electron chi connectivity index (χ3n) is 2.49. The average molecular weight is 296 g/mol. The number of alkyl halides is 1. The molecule has 13 heavy (non-hydrogen) atoms. The largest absolute Gasteiger partial charge is 0.0826 e. The van der Waals surface area contributed by atoms with E-state index in [1.54, 1.807) is 0 Å². The van der Waals surface area contributed by atoms with Crippen LogP contribution in [-0.2, 0) is 0 Å². The summed E-state index contributed by atoms with van der Waals surface area (Å²) in [7, 11) is 0. The van der Waals surface area contributed by atoms with Gasteiger partial charge in [0.05, 0.1) is 0 Å². The van der Waals surface area contributed by atoms with Gasteiger partial charge in [-0.1, -0.05) is 81.4 Å². The number of unbranched alkanes of at least 4 members (excludes halogenated alkanes) is 5. The number of hydrogen-bond donors (Lipinski definition) is 0. The van der Waals surface area contributed by atoms with Gasteiger partial charge in [-0.05, 0) is 12.8 Å². The third-order valence-corrected chi connectivity index (χ3v) is 3.74. The highest BCUT2D eigenvalue weighted by atomic mass is 127. The predicted octanol–water partition coefficient (Wildman–Crippen LogP) is 5.34. The number of rotatable bonds is 9. The Morgan fingerprint density at radius 1 is 0.769 bits per heavy atom. The van der Waals surface area contributed by atoms with Crippen molar-refractivity contribution in [2.45, 2.75) is 75.6 Å². The van der Waals surface area contributed by atoms with Crippen molar-refractivity contribution in [2.75, 3.05) is 0 Å². The van der Waals surface area contributed by atoms with Gasteiger partial charge in [-0.25, -0.2) is 0 Å². The summed E-state index contributed by atoms with van der Waals surface area (Å²) in [6, 6.07) is 0. The van der Waals surface area contributed by atoms with Crippen molar-refractivity contribution in [3.05, 3.63) is 0 Å². The summed E-state index contributed by atoms with van der Waals surface area (Å²) in [5.41, 5.74) is 0. The Hall–Kier alpha value is 0.730. The first kappa shape index (κ1) is 13.7. The van der Waals surface area contributed by atoms with Crippen molar-refractivity contribution in [1.29, 1.82) is 0 Å². The lowest BCUT2D eigenvalue weighted by molar-refractivity contribution is 0.583. The lowest BCUT2D eigenvalue weighted by atomic mass is 10.1. The molecule has 0 spiro atoms. The van der Waals surface area contributed by atoms with E-state index in [2.05, 4.69) is 36.4 Å². The van der Waals surface area contributed by atoms with E-state index >= 15 is 0 Å². The lowest BCUT2D eigenvalue weighted by Crippen LogP contribution is -1.97. The first-order valence-corrected chi connectivity index (χ1v) is 7.19. The Morgan fingerprint density at radius 2 is 1.23 bits per heavy atom. The highest BCUT2D eigenvalue weighted by molar-refractivity contribution is 14.1. The molecule has 0 aromatic carbocycles. The Labute approximate surface area is 98.0 Å². The molecule has 0 saturated heterocycles. The highest BCUT2D eigenvalue weighted by Gasteiger charge is 2.02. The number of halogens is 1. The molecule has 0 bridgehead atoms. The summed E-state index contributed by atoms with van der Waals surface area (Å²) in [5, 5.41) is 0. The predicted molar refractivity (Wildman–Crippen MR) is 70.7 cm³/mol. The normalized spacial score (nSPS) is 13.2. The minimum absolute atomic E-state index is 0.945. The Balaban J connectivity index is 3.05. The standard InChI is InChI=1S/C12H25I/c1-3-5-7-9-11-12(13)10-8-6-4-2/h12H,3-11H2,1-2H3. The zero-order valence-electron chi connectivity index (χ0n) is 9.32. The fraction of sp³-hybridized carbons (Fsp3) is 1.00. The fourth-order valence-corrected chi connectivity index (χ4v) is 2.43. The summed E-state index contributed by atoms with van der Waals surface area (Å²) in [5.74, 6) is 0. The van der Waals surface area contributed by atoms with Gasteiger partial charge >= 0.3 is 0 Å². The molecule has 1 atom stereocenters. The molecule has 0 aliphatic carbocycles. The van der Waals surface area contributed by atoms with E-state index in [-0.39, 0.29) is 0 Å². The van der Waals surface area contributed by atoms with Gasteiger partial charge in [0.25, 0.3) is 0 Å². The van der Waals surface area contributed by atoms with Crippen LogP contribution in [0.1, 0.15) is 71.6 Å². The van der Waals surface area contributed by atoms with Crippen LogP contribution >= 0.6 is 22.6 Å². The molecule has 0 radical (unpaired) electrons. The maximum absolute atomic E-state index is 2.63. The number of hydrogen-bond acceptors (Lipinski definition) is 0. The summed E-state index contributed by atoms with van der Waals surface area (Å²) >= 11 is 2.63. The molecule has 1 unspecified atom stereocenters. The van der Waals surface area contributed by atoms with E-state index in [1.807, 2.05) is 0 Å². The molecular weight excluding hydrogens is 271 g/mol. The molecule has 0 aliphatic rings.